The molecular formula is C14H21ClN2. The standard InChI is InChI=1S/C14H21ClN2/c1-3-13-6-4-10(2)17(13)14-7-5-12(15)8-11(14)9-16/h5,7-8,10,13H,3-4,6,9,16H2,1-2H3. The van der Waals surface area contributed by atoms with Crippen LogP contribution in [0.3, 0.4) is 0 Å². The van der Waals surface area contributed by atoms with Crippen LogP contribution in [0.4, 0.5) is 5.69 Å². The largest absolute Gasteiger partial charge is 0.366 e. The molecule has 0 aromatic heterocycles. The van der Waals surface area contributed by atoms with Crippen molar-refractivity contribution in [2.45, 2.75) is 51.7 Å². The van der Waals surface area contributed by atoms with Crippen molar-refractivity contribution in [1.82, 2.24) is 0 Å². The molecule has 1 aromatic carbocycles. The highest BCUT2D eigenvalue weighted by atomic mass is 35.5. The third-order valence-corrected chi connectivity index (χ3v) is 4.03. The van der Waals surface area contributed by atoms with Crippen LogP contribution in [0.5, 0.6) is 0 Å². The molecule has 1 aliphatic rings. The van der Waals surface area contributed by atoms with Crippen molar-refractivity contribution in [3.05, 3.63) is 28.8 Å². The van der Waals surface area contributed by atoms with Gasteiger partial charge in [0, 0.05) is 29.3 Å². The number of halogens is 1. The van der Waals surface area contributed by atoms with Gasteiger partial charge in [-0.3, -0.25) is 0 Å². The lowest BCUT2D eigenvalue weighted by Crippen LogP contribution is -2.35. The molecule has 0 radical (unpaired) electrons. The SMILES string of the molecule is CCC1CCC(C)N1c1ccc(Cl)cc1CN. The number of hydrogen-bond donors (Lipinski definition) is 1. The van der Waals surface area contributed by atoms with Gasteiger partial charge in [0.1, 0.15) is 0 Å². The Morgan fingerprint density at radius 2 is 2.18 bits per heavy atom. The van der Waals surface area contributed by atoms with E-state index in [1.807, 2.05) is 12.1 Å². The minimum absolute atomic E-state index is 0.551. The Balaban J connectivity index is 2.38. The van der Waals surface area contributed by atoms with E-state index in [4.69, 9.17) is 17.3 Å². The molecule has 3 heteroatoms. The van der Waals surface area contributed by atoms with E-state index in [0.29, 0.717) is 18.6 Å². The van der Waals surface area contributed by atoms with Gasteiger partial charge in [0.15, 0.2) is 0 Å². The molecule has 0 aliphatic carbocycles. The molecule has 1 fully saturated rings. The summed E-state index contributed by atoms with van der Waals surface area (Å²) in [6, 6.07) is 7.33. The summed E-state index contributed by atoms with van der Waals surface area (Å²) in [5.41, 5.74) is 8.26. The summed E-state index contributed by atoms with van der Waals surface area (Å²) < 4.78 is 0. The van der Waals surface area contributed by atoms with Crippen LogP contribution in [0.1, 0.15) is 38.7 Å². The van der Waals surface area contributed by atoms with Crippen LogP contribution >= 0.6 is 11.6 Å². The lowest BCUT2D eigenvalue weighted by molar-refractivity contribution is 0.625. The van der Waals surface area contributed by atoms with Crippen molar-refractivity contribution in [2.24, 2.45) is 5.73 Å². The van der Waals surface area contributed by atoms with E-state index in [0.717, 1.165) is 10.6 Å². The zero-order chi connectivity index (χ0) is 12.4. The van der Waals surface area contributed by atoms with Gasteiger partial charge in [-0.05, 0) is 49.9 Å². The smallest absolute Gasteiger partial charge is 0.0417 e. The maximum atomic E-state index is 6.03. The number of anilines is 1. The van der Waals surface area contributed by atoms with Crippen molar-refractivity contribution in [2.75, 3.05) is 4.90 Å². The molecule has 94 valence electrons. The van der Waals surface area contributed by atoms with Crippen LogP contribution in [-0.4, -0.2) is 12.1 Å². The van der Waals surface area contributed by atoms with Gasteiger partial charge in [-0.25, -0.2) is 0 Å². The molecule has 2 unspecified atom stereocenters. The first-order valence-electron chi connectivity index (χ1n) is 6.44. The highest BCUT2D eigenvalue weighted by Gasteiger charge is 2.30. The Morgan fingerprint density at radius 1 is 1.41 bits per heavy atom. The first-order chi connectivity index (χ1) is 8.17. The normalized spacial score (nSPS) is 24.4. The zero-order valence-corrected chi connectivity index (χ0v) is 11.4. The molecule has 1 saturated heterocycles. The number of benzene rings is 1. The van der Waals surface area contributed by atoms with E-state index in [2.05, 4.69) is 24.8 Å². The fourth-order valence-electron chi connectivity index (χ4n) is 2.88. The maximum absolute atomic E-state index is 6.03. The molecule has 1 heterocycles. The van der Waals surface area contributed by atoms with Crippen LogP contribution in [0.2, 0.25) is 5.02 Å². The molecule has 2 N–H and O–H groups in total. The Hall–Kier alpha value is -0.730. The second-order valence-corrected chi connectivity index (χ2v) is 5.31. The maximum Gasteiger partial charge on any atom is 0.0417 e. The van der Waals surface area contributed by atoms with E-state index in [9.17, 15) is 0 Å². The van der Waals surface area contributed by atoms with Gasteiger partial charge in [-0.2, -0.15) is 0 Å². The topological polar surface area (TPSA) is 29.3 Å². The Kier molecular flexibility index (Phi) is 3.95. The van der Waals surface area contributed by atoms with E-state index in [-0.39, 0.29) is 0 Å². The third kappa shape index (κ3) is 2.43. The summed E-state index contributed by atoms with van der Waals surface area (Å²) in [6.07, 6.45) is 3.74. The monoisotopic (exact) mass is 252 g/mol. The highest BCUT2D eigenvalue weighted by molar-refractivity contribution is 6.30. The van der Waals surface area contributed by atoms with Crippen LogP contribution in [0.15, 0.2) is 18.2 Å². The predicted molar refractivity (Wildman–Crippen MR) is 74.6 cm³/mol. The number of hydrogen-bond acceptors (Lipinski definition) is 2. The molecule has 0 amide bonds. The fraction of sp³-hybridized carbons (Fsp3) is 0.571. The van der Waals surface area contributed by atoms with E-state index in [1.54, 1.807) is 0 Å². The zero-order valence-electron chi connectivity index (χ0n) is 10.6. The Labute approximate surface area is 109 Å². The summed E-state index contributed by atoms with van der Waals surface area (Å²) in [7, 11) is 0. The van der Waals surface area contributed by atoms with Gasteiger partial charge in [-0.1, -0.05) is 18.5 Å². The summed E-state index contributed by atoms with van der Waals surface area (Å²) in [5.74, 6) is 0. The van der Waals surface area contributed by atoms with Crippen LogP contribution < -0.4 is 10.6 Å². The number of nitrogens with zero attached hydrogens (tertiary/aromatic N) is 1. The van der Waals surface area contributed by atoms with Gasteiger partial charge in [0.25, 0.3) is 0 Å². The average Bonchev–Trinajstić information content (AvgIpc) is 2.70. The molecule has 0 spiro atoms. The average molecular weight is 253 g/mol. The van der Waals surface area contributed by atoms with Gasteiger partial charge in [0.2, 0.25) is 0 Å². The van der Waals surface area contributed by atoms with Crippen LogP contribution in [0, 0.1) is 0 Å². The third-order valence-electron chi connectivity index (χ3n) is 3.80. The number of rotatable bonds is 3. The number of nitrogens with two attached hydrogens (primary N) is 1. The molecule has 0 bridgehead atoms. The van der Waals surface area contributed by atoms with Crippen LogP contribution in [0.25, 0.3) is 0 Å². The Morgan fingerprint density at radius 3 is 2.82 bits per heavy atom. The van der Waals surface area contributed by atoms with E-state index < -0.39 is 0 Å². The van der Waals surface area contributed by atoms with Gasteiger partial charge >= 0.3 is 0 Å². The molecule has 1 aliphatic heterocycles. The molecule has 0 saturated carbocycles. The summed E-state index contributed by atoms with van der Waals surface area (Å²) in [5, 5.41) is 0.772. The van der Waals surface area contributed by atoms with Gasteiger partial charge in [-0.15, -0.1) is 0 Å². The van der Waals surface area contributed by atoms with Crippen molar-refractivity contribution in [1.29, 1.82) is 0 Å². The minimum atomic E-state index is 0.551. The van der Waals surface area contributed by atoms with Crippen molar-refractivity contribution in [3.8, 4) is 0 Å². The summed E-state index contributed by atoms with van der Waals surface area (Å²) in [4.78, 5) is 2.53. The first kappa shape index (κ1) is 12.7. The van der Waals surface area contributed by atoms with Crippen LogP contribution in [-0.2, 0) is 6.54 Å². The molecule has 17 heavy (non-hydrogen) atoms. The molecule has 1 aromatic rings. The minimum Gasteiger partial charge on any atom is -0.366 e. The second kappa shape index (κ2) is 5.28. The summed E-state index contributed by atoms with van der Waals surface area (Å²) in [6.45, 7) is 5.11. The molecule has 2 atom stereocenters. The highest BCUT2D eigenvalue weighted by Crippen LogP contribution is 2.35. The quantitative estimate of drug-likeness (QED) is 0.891. The Bertz CT molecular complexity index is 392. The second-order valence-electron chi connectivity index (χ2n) is 4.87. The van der Waals surface area contributed by atoms with Crippen molar-refractivity contribution < 1.29 is 0 Å². The van der Waals surface area contributed by atoms with E-state index >= 15 is 0 Å². The first-order valence-corrected chi connectivity index (χ1v) is 6.82. The lowest BCUT2D eigenvalue weighted by atomic mass is 10.1. The van der Waals surface area contributed by atoms with Gasteiger partial charge < -0.3 is 10.6 Å². The summed E-state index contributed by atoms with van der Waals surface area (Å²) >= 11 is 6.03. The van der Waals surface area contributed by atoms with Crippen molar-refractivity contribution in [3.63, 3.8) is 0 Å². The molecule has 2 rings (SSSR count). The fourth-order valence-corrected chi connectivity index (χ4v) is 3.07. The molecule has 2 nitrogen and oxygen atoms in total. The van der Waals surface area contributed by atoms with Crippen molar-refractivity contribution >= 4 is 17.3 Å². The molecular weight excluding hydrogens is 232 g/mol. The van der Waals surface area contributed by atoms with Gasteiger partial charge in [0.05, 0.1) is 0 Å². The lowest BCUT2D eigenvalue weighted by Gasteiger charge is -2.32. The van der Waals surface area contributed by atoms with E-state index in [1.165, 1.54) is 24.9 Å². The predicted octanol–water partition coefficient (Wildman–Crippen LogP) is 3.57.